The predicted octanol–water partition coefficient (Wildman–Crippen LogP) is 1.44. The maximum atomic E-state index is 12.1. The first-order chi connectivity index (χ1) is 13.0. The molecule has 0 aliphatic rings. The van der Waals surface area contributed by atoms with Gasteiger partial charge in [-0.2, -0.15) is 15.0 Å². The number of nitrogen functional groups attached to an aromatic ring is 2. The van der Waals surface area contributed by atoms with E-state index in [0.717, 1.165) is 0 Å². The van der Waals surface area contributed by atoms with Gasteiger partial charge in [0.05, 0.1) is 18.5 Å². The van der Waals surface area contributed by atoms with E-state index < -0.39 is 5.97 Å². The zero-order chi connectivity index (χ0) is 19.4. The summed E-state index contributed by atoms with van der Waals surface area (Å²) in [7, 11) is 1.55. The van der Waals surface area contributed by atoms with Crippen molar-refractivity contribution in [2.24, 2.45) is 0 Å². The fourth-order valence-corrected chi connectivity index (χ4v) is 2.26. The summed E-state index contributed by atoms with van der Waals surface area (Å²) >= 11 is 0. The lowest BCUT2D eigenvalue weighted by Crippen LogP contribution is -2.12. The minimum Gasteiger partial charge on any atom is -0.495 e. The maximum absolute atomic E-state index is 12.1. The van der Waals surface area contributed by atoms with Crippen LogP contribution < -0.4 is 21.5 Å². The first kappa shape index (κ1) is 17.9. The summed E-state index contributed by atoms with van der Waals surface area (Å²) in [5.74, 6) is 0.0762. The number of nitrogens with two attached hydrogens (primary N) is 2. The molecule has 140 valence electrons. The van der Waals surface area contributed by atoms with E-state index in [9.17, 15) is 4.79 Å². The van der Waals surface area contributed by atoms with E-state index >= 15 is 0 Å². The number of ether oxygens (including phenoxy) is 2. The number of nitrogens with zero attached hydrogens (tertiary/aromatic N) is 4. The summed E-state index contributed by atoms with van der Waals surface area (Å²) in [4.78, 5) is 24.3. The highest BCUT2D eigenvalue weighted by Crippen LogP contribution is 2.25. The number of rotatable bonds is 6. The van der Waals surface area contributed by atoms with Gasteiger partial charge in [-0.05, 0) is 19.1 Å². The molecule has 2 heterocycles. The summed E-state index contributed by atoms with van der Waals surface area (Å²) in [5, 5.41) is 6.59. The van der Waals surface area contributed by atoms with Crippen LogP contribution in [-0.4, -0.2) is 33.2 Å². The largest absolute Gasteiger partial charge is 0.495 e. The lowest BCUT2D eigenvalue weighted by Gasteiger charge is -2.10. The van der Waals surface area contributed by atoms with Gasteiger partial charge < -0.3 is 30.8 Å². The minimum absolute atomic E-state index is 0.0332. The number of para-hydroxylation sites is 2. The molecule has 0 atom stereocenters. The molecule has 11 nitrogen and oxygen atoms in total. The Labute approximate surface area is 153 Å². The number of carbonyl (C=O) groups is 1. The summed E-state index contributed by atoms with van der Waals surface area (Å²) in [6.07, 6.45) is 0. The number of hydrogen-bond donors (Lipinski definition) is 3. The lowest BCUT2D eigenvalue weighted by molar-refractivity contribution is 0.0462. The summed E-state index contributed by atoms with van der Waals surface area (Å²) < 4.78 is 15.2. The monoisotopic (exact) mass is 371 g/mol. The molecular formula is C16H17N7O4. The highest BCUT2D eigenvalue weighted by atomic mass is 16.5. The Bertz CT molecular complexity index is 954. The Morgan fingerprint density at radius 1 is 1.22 bits per heavy atom. The van der Waals surface area contributed by atoms with Gasteiger partial charge in [0.1, 0.15) is 11.3 Å². The first-order valence-corrected chi connectivity index (χ1v) is 7.77. The van der Waals surface area contributed by atoms with Crippen molar-refractivity contribution in [2.75, 3.05) is 23.9 Å². The number of aromatic nitrogens is 4. The number of aryl methyl sites for hydroxylation is 1. The molecule has 0 aliphatic heterocycles. The second kappa shape index (κ2) is 7.56. The first-order valence-electron chi connectivity index (χ1n) is 7.77. The molecule has 5 N–H and O–H groups in total. The second-order valence-electron chi connectivity index (χ2n) is 5.34. The highest BCUT2D eigenvalue weighted by molar-refractivity contribution is 5.94. The average molecular weight is 371 g/mol. The maximum Gasteiger partial charge on any atom is 0.346 e. The Kier molecular flexibility index (Phi) is 5.01. The lowest BCUT2D eigenvalue weighted by atomic mass is 10.2. The van der Waals surface area contributed by atoms with E-state index in [1.165, 1.54) is 0 Å². The molecule has 27 heavy (non-hydrogen) atoms. The number of carbonyl (C=O) groups excluding carboxylic acids is 1. The number of hydrogen-bond acceptors (Lipinski definition) is 11. The van der Waals surface area contributed by atoms with Crippen molar-refractivity contribution in [1.29, 1.82) is 0 Å². The third-order valence-corrected chi connectivity index (χ3v) is 3.48. The normalized spacial score (nSPS) is 10.4. The number of methoxy groups -OCH3 is 1. The molecular weight excluding hydrogens is 354 g/mol. The zero-order valence-electron chi connectivity index (χ0n) is 14.6. The van der Waals surface area contributed by atoms with E-state index in [1.807, 2.05) is 12.1 Å². The van der Waals surface area contributed by atoms with Crippen LogP contribution in [0.2, 0.25) is 0 Å². The molecule has 0 spiro atoms. The minimum atomic E-state index is -0.704. The van der Waals surface area contributed by atoms with Crippen molar-refractivity contribution >= 4 is 29.4 Å². The van der Waals surface area contributed by atoms with Crippen LogP contribution in [-0.2, 0) is 11.3 Å². The molecule has 0 amide bonds. The molecule has 1 aromatic carbocycles. The standard InChI is InChI=1S/C16H17N7O4/c1-8-12(13(17)27-23-8)14(24)26-7-11-20-15(18)22-16(21-11)19-9-5-3-4-6-10(9)25-2/h3-6H,7,17H2,1-2H3,(H3,18,19,20,21,22). The van der Waals surface area contributed by atoms with Crippen LogP contribution >= 0.6 is 0 Å². The van der Waals surface area contributed by atoms with Crippen LogP contribution in [0.25, 0.3) is 0 Å². The summed E-state index contributed by atoms with van der Waals surface area (Å²) in [6, 6.07) is 7.22. The fraction of sp³-hybridized carbons (Fsp3) is 0.188. The number of nitrogens with one attached hydrogen (secondary N) is 1. The fourth-order valence-electron chi connectivity index (χ4n) is 2.26. The molecule has 0 radical (unpaired) electrons. The molecule has 0 unspecified atom stereocenters. The molecule has 0 fully saturated rings. The van der Waals surface area contributed by atoms with Crippen molar-refractivity contribution in [1.82, 2.24) is 20.1 Å². The van der Waals surface area contributed by atoms with Crippen LogP contribution in [0.4, 0.5) is 23.5 Å². The summed E-state index contributed by atoms with van der Waals surface area (Å²) in [6.45, 7) is 1.34. The van der Waals surface area contributed by atoms with Crippen molar-refractivity contribution in [3.8, 4) is 5.75 Å². The van der Waals surface area contributed by atoms with Crippen LogP contribution in [0.3, 0.4) is 0 Å². The molecule has 0 saturated heterocycles. The van der Waals surface area contributed by atoms with Crippen molar-refractivity contribution in [2.45, 2.75) is 13.5 Å². The number of benzene rings is 1. The molecule has 3 aromatic rings. The predicted molar refractivity (Wildman–Crippen MR) is 95.3 cm³/mol. The molecule has 2 aromatic heterocycles. The highest BCUT2D eigenvalue weighted by Gasteiger charge is 2.20. The number of esters is 1. The van der Waals surface area contributed by atoms with E-state index in [-0.39, 0.29) is 35.8 Å². The van der Waals surface area contributed by atoms with Crippen LogP contribution in [0.5, 0.6) is 5.75 Å². The molecule has 3 rings (SSSR count). The van der Waals surface area contributed by atoms with Gasteiger partial charge in [-0.25, -0.2) is 4.79 Å². The van der Waals surface area contributed by atoms with Gasteiger partial charge in [0.25, 0.3) is 0 Å². The van der Waals surface area contributed by atoms with Crippen LogP contribution in [0.15, 0.2) is 28.8 Å². The van der Waals surface area contributed by atoms with E-state index in [4.69, 9.17) is 25.5 Å². The topological polar surface area (TPSA) is 164 Å². The summed E-state index contributed by atoms with van der Waals surface area (Å²) in [5.41, 5.74) is 12.3. The third-order valence-electron chi connectivity index (χ3n) is 3.48. The Hall–Kier alpha value is -3.89. The quantitative estimate of drug-likeness (QED) is 0.537. The van der Waals surface area contributed by atoms with Crippen molar-refractivity contribution in [3.63, 3.8) is 0 Å². The van der Waals surface area contributed by atoms with Gasteiger partial charge in [-0.15, -0.1) is 0 Å². The average Bonchev–Trinajstić information content (AvgIpc) is 2.98. The van der Waals surface area contributed by atoms with Gasteiger partial charge in [-0.1, -0.05) is 17.3 Å². The third kappa shape index (κ3) is 4.03. The van der Waals surface area contributed by atoms with Crippen LogP contribution in [0, 0.1) is 6.92 Å². The Morgan fingerprint density at radius 2 is 2.00 bits per heavy atom. The number of anilines is 4. The second-order valence-corrected chi connectivity index (χ2v) is 5.34. The Balaban J connectivity index is 1.75. The van der Waals surface area contributed by atoms with E-state index in [0.29, 0.717) is 17.1 Å². The molecule has 0 bridgehead atoms. The van der Waals surface area contributed by atoms with Gasteiger partial charge in [0, 0.05) is 0 Å². The Morgan fingerprint density at radius 3 is 2.70 bits per heavy atom. The SMILES string of the molecule is COc1ccccc1Nc1nc(N)nc(COC(=O)c2c(C)noc2N)n1. The van der Waals surface area contributed by atoms with Gasteiger partial charge in [0.2, 0.25) is 17.8 Å². The zero-order valence-corrected chi connectivity index (χ0v) is 14.6. The van der Waals surface area contributed by atoms with E-state index in [1.54, 1.807) is 26.2 Å². The van der Waals surface area contributed by atoms with Crippen LogP contribution in [0.1, 0.15) is 21.9 Å². The van der Waals surface area contributed by atoms with Crippen molar-refractivity contribution in [3.05, 3.63) is 41.3 Å². The molecule has 0 aliphatic carbocycles. The molecule has 11 heteroatoms. The van der Waals surface area contributed by atoms with Gasteiger partial charge in [0.15, 0.2) is 12.4 Å². The van der Waals surface area contributed by atoms with E-state index in [2.05, 4.69) is 25.4 Å². The molecule has 0 saturated carbocycles. The van der Waals surface area contributed by atoms with Crippen molar-refractivity contribution < 1.29 is 18.8 Å². The smallest absolute Gasteiger partial charge is 0.346 e. The van der Waals surface area contributed by atoms with Gasteiger partial charge in [-0.3, -0.25) is 0 Å². The van der Waals surface area contributed by atoms with Gasteiger partial charge >= 0.3 is 5.97 Å².